The lowest BCUT2D eigenvalue weighted by Gasteiger charge is -2.42. The number of Topliss-reactive ketones (excluding diaryl/α,β-unsaturated/α-hetero) is 1. The Hall–Kier alpha value is -3.25. The summed E-state index contributed by atoms with van der Waals surface area (Å²) in [6, 6.07) is 17.5. The molecular formula is C27H31NO5. The van der Waals surface area contributed by atoms with Crippen molar-refractivity contribution in [3.05, 3.63) is 77.9 Å². The quantitative estimate of drug-likeness (QED) is 0.370. The second-order valence-corrected chi connectivity index (χ2v) is 8.60. The first-order valence-electron chi connectivity index (χ1n) is 11.1. The molecule has 0 saturated carbocycles. The molecule has 6 heteroatoms. The van der Waals surface area contributed by atoms with Crippen molar-refractivity contribution in [3.63, 3.8) is 0 Å². The van der Waals surface area contributed by atoms with Crippen LogP contribution in [0.15, 0.2) is 66.7 Å². The summed E-state index contributed by atoms with van der Waals surface area (Å²) in [5.41, 5.74) is 1.75. The summed E-state index contributed by atoms with van der Waals surface area (Å²) in [7, 11) is 1.28. The van der Waals surface area contributed by atoms with Crippen LogP contribution < -0.4 is 5.32 Å². The summed E-state index contributed by atoms with van der Waals surface area (Å²) in [6.45, 7) is 7.02. The van der Waals surface area contributed by atoms with E-state index < -0.39 is 23.6 Å². The zero-order valence-corrected chi connectivity index (χ0v) is 19.4. The van der Waals surface area contributed by atoms with Gasteiger partial charge in [-0.25, -0.2) is 0 Å². The van der Waals surface area contributed by atoms with Crippen LogP contribution in [0.1, 0.15) is 37.8 Å². The van der Waals surface area contributed by atoms with Crippen molar-refractivity contribution in [3.8, 4) is 0 Å². The molecule has 1 amide bonds. The van der Waals surface area contributed by atoms with Crippen molar-refractivity contribution in [2.24, 2.45) is 5.41 Å². The van der Waals surface area contributed by atoms with E-state index in [2.05, 4.69) is 11.9 Å². The molecule has 6 nitrogen and oxygen atoms in total. The lowest BCUT2D eigenvalue weighted by atomic mass is 9.71. The summed E-state index contributed by atoms with van der Waals surface area (Å²) in [6.07, 6.45) is 1.31. The highest BCUT2D eigenvalue weighted by Gasteiger charge is 2.55. The molecule has 0 spiro atoms. The summed E-state index contributed by atoms with van der Waals surface area (Å²) >= 11 is 0. The monoisotopic (exact) mass is 449 g/mol. The lowest BCUT2D eigenvalue weighted by molar-refractivity contribution is -0.176. The largest absolute Gasteiger partial charge is 0.468 e. The van der Waals surface area contributed by atoms with Gasteiger partial charge >= 0.3 is 5.97 Å². The van der Waals surface area contributed by atoms with Gasteiger partial charge in [0.2, 0.25) is 5.91 Å². The molecule has 1 saturated heterocycles. The number of carbonyl (C=O) groups excluding carboxylic acids is 3. The zero-order chi connectivity index (χ0) is 24.0. The third-order valence-corrected chi connectivity index (χ3v) is 6.24. The van der Waals surface area contributed by atoms with E-state index in [0.717, 1.165) is 17.5 Å². The maximum Gasteiger partial charge on any atom is 0.322 e. The van der Waals surface area contributed by atoms with Crippen LogP contribution in [0.2, 0.25) is 0 Å². The molecule has 1 aliphatic heterocycles. The average molecular weight is 450 g/mol. The second kappa shape index (κ2) is 10.6. The Labute approximate surface area is 195 Å². The predicted octanol–water partition coefficient (Wildman–Crippen LogP) is 4.28. The minimum atomic E-state index is -1.44. The maximum absolute atomic E-state index is 13.3. The number of nitrogens with one attached hydrogen (secondary N) is 1. The van der Waals surface area contributed by atoms with Crippen molar-refractivity contribution in [1.82, 2.24) is 0 Å². The van der Waals surface area contributed by atoms with Gasteiger partial charge in [0.1, 0.15) is 0 Å². The molecule has 0 bridgehead atoms. The van der Waals surface area contributed by atoms with Crippen LogP contribution >= 0.6 is 0 Å². The van der Waals surface area contributed by atoms with Crippen LogP contribution in [-0.2, 0) is 36.7 Å². The number of hydrogen-bond acceptors (Lipinski definition) is 5. The van der Waals surface area contributed by atoms with E-state index in [9.17, 15) is 14.4 Å². The van der Waals surface area contributed by atoms with Gasteiger partial charge in [0.25, 0.3) is 0 Å². The number of anilines is 1. The van der Waals surface area contributed by atoms with Crippen LogP contribution in [0.4, 0.5) is 5.69 Å². The smallest absolute Gasteiger partial charge is 0.322 e. The summed E-state index contributed by atoms with van der Waals surface area (Å²) < 4.78 is 11.3. The molecule has 1 heterocycles. The molecule has 3 atom stereocenters. The SMILES string of the molecule is C=C1C(=O)C(C)(C(=O)OC)C(CCc2ccc(NC(C)=O)cc2)OC1CCc1ccccc1. The number of methoxy groups -OCH3 is 1. The number of aryl methyl sites for hydroxylation is 2. The molecule has 33 heavy (non-hydrogen) atoms. The van der Waals surface area contributed by atoms with E-state index in [4.69, 9.17) is 9.47 Å². The summed E-state index contributed by atoms with van der Waals surface area (Å²) in [5.74, 6) is -1.06. The Kier molecular flexibility index (Phi) is 7.82. The van der Waals surface area contributed by atoms with Gasteiger partial charge in [-0.15, -0.1) is 0 Å². The Morgan fingerprint density at radius 3 is 2.24 bits per heavy atom. The minimum Gasteiger partial charge on any atom is -0.468 e. The fourth-order valence-corrected chi connectivity index (χ4v) is 4.28. The lowest BCUT2D eigenvalue weighted by Crippen LogP contribution is -2.55. The normalized spacial score (nSPS) is 22.6. The Morgan fingerprint density at radius 2 is 1.64 bits per heavy atom. The summed E-state index contributed by atoms with van der Waals surface area (Å²) in [5, 5.41) is 2.74. The first kappa shape index (κ1) is 24.4. The molecule has 1 fully saturated rings. The minimum absolute atomic E-state index is 0.132. The van der Waals surface area contributed by atoms with Crippen molar-refractivity contribution in [1.29, 1.82) is 0 Å². The highest BCUT2D eigenvalue weighted by Crippen LogP contribution is 2.40. The van der Waals surface area contributed by atoms with Gasteiger partial charge in [-0.3, -0.25) is 14.4 Å². The molecule has 3 rings (SSSR count). The van der Waals surface area contributed by atoms with E-state index in [-0.39, 0.29) is 11.7 Å². The predicted molar refractivity (Wildman–Crippen MR) is 127 cm³/mol. The van der Waals surface area contributed by atoms with Gasteiger partial charge in [-0.05, 0) is 55.9 Å². The highest BCUT2D eigenvalue weighted by atomic mass is 16.5. The second-order valence-electron chi connectivity index (χ2n) is 8.60. The fourth-order valence-electron chi connectivity index (χ4n) is 4.28. The molecule has 1 aliphatic rings. The fraction of sp³-hybridized carbons (Fsp3) is 0.370. The Balaban J connectivity index is 1.75. The highest BCUT2D eigenvalue weighted by molar-refractivity contribution is 6.13. The van der Waals surface area contributed by atoms with E-state index in [1.54, 1.807) is 6.92 Å². The Bertz CT molecular complexity index is 1010. The molecule has 0 aliphatic carbocycles. The number of hydrogen-bond donors (Lipinski definition) is 1. The number of carbonyl (C=O) groups is 3. The van der Waals surface area contributed by atoms with Crippen molar-refractivity contribution < 1.29 is 23.9 Å². The molecule has 0 aromatic heterocycles. The molecule has 2 aromatic rings. The maximum atomic E-state index is 13.3. The van der Waals surface area contributed by atoms with Gasteiger partial charge in [-0.2, -0.15) is 0 Å². The average Bonchev–Trinajstić information content (AvgIpc) is 2.82. The number of ether oxygens (including phenoxy) is 2. The van der Waals surface area contributed by atoms with Gasteiger partial charge in [0, 0.05) is 18.2 Å². The third-order valence-electron chi connectivity index (χ3n) is 6.24. The number of rotatable bonds is 8. The van der Waals surface area contributed by atoms with Gasteiger partial charge in [0.05, 0.1) is 19.3 Å². The third kappa shape index (κ3) is 5.57. The van der Waals surface area contributed by atoms with Crippen molar-refractivity contribution >= 4 is 23.3 Å². The van der Waals surface area contributed by atoms with E-state index >= 15 is 0 Å². The molecule has 1 N–H and O–H groups in total. The van der Waals surface area contributed by atoms with E-state index in [1.165, 1.54) is 14.0 Å². The number of benzene rings is 2. The Morgan fingerprint density at radius 1 is 1.03 bits per heavy atom. The zero-order valence-electron chi connectivity index (χ0n) is 19.4. The van der Waals surface area contributed by atoms with Crippen molar-refractivity contribution in [2.75, 3.05) is 12.4 Å². The van der Waals surface area contributed by atoms with E-state index in [0.29, 0.717) is 30.5 Å². The first-order chi connectivity index (χ1) is 15.8. The van der Waals surface area contributed by atoms with Crippen LogP contribution in [0, 0.1) is 5.41 Å². The standard InChI is InChI=1S/C27H31NO5/c1-18-23(16-12-20-8-6-5-7-9-20)33-24(27(3,25(18)30)26(31)32-4)17-13-21-10-14-22(15-11-21)28-19(2)29/h5-11,14-15,23-24H,1,12-13,16-17H2,2-4H3,(H,28,29). The molecule has 2 aromatic carbocycles. The molecule has 174 valence electrons. The number of amides is 1. The molecule has 3 unspecified atom stereocenters. The van der Waals surface area contributed by atoms with Crippen LogP contribution in [0.3, 0.4) is 0 Å². The molecular weight excluding hydrogens is 418 g/mol. The van der Waals surface area contributed by atoms with Crippen LogP contribution in [0.25, 0.3) is 0 Å². The van der Waals surface area contributed by atoms with Crippen LogP contribution in [-0.4, -0.2) is 37.0 Å². The van der Waals surface area contributed by atoms with Gasteiger partial charge < -0.3 is 14.8 Å². The summed E-state index contributed by atoms with van der Waals surface area (Å²) in [4.78, 5) is 37.2. The van der Waals surface area contributed by atoms with Gasteiger partial charge in [-0.1, -0.05) is 49.0 Å². The van der Waals surface area contributed by atoms with Gasteiger partial charge in [0.15, 0.2) is 11.2 Å². The van der Waals surface area contributed by atoms with Crippen molar-refractivity contribution in [2.45, 2.75) is 51.7 Å². The van der Waals surface area contributed by atoms with Crippen LogP contribution in [0.5, 0.6) is 0 Å². The number of ketones is 1. The first-order valence-corrected chi connectivity index (χ1v) is 11.1. The number of esters is 1. The topological polar surface area (TPSA) is 81.7 Å². The molecule has 0 radical (unpaired) electrons. The van der Waals surface area contributed by atoms with E-state index in [1.807, 2.05) is 54.6 Å².